The third kappa shape index (κ3) is 3.00. The SMILES string of the molecule is CN1CCC(c2cccc(C(F)(F)F)c2)CC1. The van der Waals surface area contributed by atoms with Gasteiger partial charge in [-0.25, -0.2) is 0 Å². The molecule has 0 spiro atoms. The van der Waals surface area contributed by atoms with Crippen LogP contribution in [0.4, 0.5) is 13.2 Å². The average Bonchev–Trinajstić information content (AvgIpc) is 2.29. The molecule has 1 saturated heterocycles. The molecule has 1 aliphatic heterocycles. The Morgan fingerprint density at radius 2 is 1.82 bits per heavy atom. The number of nitrogens with zero attached hydrogens (tertiary/aromatic N) is 1. The van der Waals surface area contributed by atoms with E-state index in [1.807, 2.05) is 13.1 Å². The molecule has 1 aliphatic rings. The lowest BCUT2D eigenvalue weighted by atomic mass is 9.89. The molecule has 0 bridgehead atoms. The molecule has 1 aromatic carbocycles. The number of halogens is 3. The zero-order valence-corrected chi connectivity index (χ0v) is 9.80. The summed E-state index contributed by atoms with van der Waals surface area (Å²) in [6, 6.07) is 5.76. The van der Waals surface area contributed by atoms with Crippen LogP contribution in [-0.2, 0) is 6.18 Å². The molecule has 0 saturated carbocycles. The molecule has 17 heavy (non-hydrogen) atoms. The third-order valence-electron chi connectivity index (χ3n) is 3.40. The minimum Gasteiger partial charge on any atom is -0.306 e. The summed E-state index contributed by atoms with van der Waals surface area (Å²) in [4.78, 5) is 2.21. The molecule has 0 aromatic heterocycles. The Hall–Kier alpha value is -1.03. The summed E-state index contributed by atoms with van der Waals surface area (Å²) in [5.41, 5.74) is 0.293. The molecule has 0 radical (unpaired) electrons. The number of piperidine rings is 1. The number of hydrogen-bond donors (Lipinski definition) is 0. The maximum absolute atomic E-state index is 12.6. The van der Waals surface area contributed by atoms with Gasteiger partial charge in [0.1, 0.15) is 0 Å². The summed E-state index contributed by atoms with van der Waals surface area (Å²) in [6.45, 7) is 1.92. The van der Waals surface area contributed by atoms with Crippen molar-refractivity contribution in [1.29, 1.82) is 0 Å². The van der Waals surface area contributed by atoms with Crippen molar-refractivity contribution in [3.8, 4) is 0 Å². The summed E-state index contributed by atoms with van der Waals surface area (Å²) in [7, 11) is 2.04. The summed E-state index contributed by atoms with van der Waals surface area (Å²) in [5.74, 6) is 0.272. The largest absolute Gasteiger partial charge is 0.416 e. The second-order valence-electron chi connectivity index (χ2n) is 4.70. The molecule has 4 heteroatoms. The molecule has 0 unspecified atom stereocenters. The van der Waals surface area contributed by atoms with E-state index in [4.69, 9.17) is 0 Å². The van der Waals surface area contributed by atoms with Crippen molar-refractivity contribution in [3.05, 3.63) is 35.4 Å². The summed E-state index contributed by atoms with van der Waals surface area (Å²) >= 11 is 0. The molecule has 1 heterocycles. The fourth-order valence-corrected chi connectivity index (χ4v) is 2.31. The predicted molar refractivity (Wildman–Crippen MR) is 60.9 cm³/mol. The number of alkyl halides is 3. The smallest absolute Gasteiger partial charge is 0.306 e. The number of likely N-dealkylation sites (tertiary alicyclic amines) is 1. The third-order valence-corrected chi connectivity index (χ3v) is 3.40. The molecule has 0 N–H and O–H groups in total. The van der Waals surface area contributed by atoms with Gasteiger partial charge in [0.05, 0.1) is 5.56 Å². The van der Waals surface area contributed by atoms with Crippen molar-refractivity contribution in [1.82, 2.24) is 4.90 Å². The van der Waals surface area contributed by atoms with Crippen LogP contribution in [0.25, 0.3) is 0 Å². The molecule has 2 rings (SSSR count). The number of rotatable bonds is 1. The van der Waals surface area contributed by atoms with Gasteiger partial charge in [-0.1, -0.05) is 18.2 Å². The molecule has 94 valence electrons. The second-order valence-corrected chi connectivity index (χ2v) is 4.70. The molecular weight excluding hydrogens is 227 g/mol. The molecule has 1 nitrogen and oxygen atoms in total. The Bertz CT molecular complexity index is 378. The van der Waals surface area contributed by atoms with Crippen LogP contribution in [0.2, 0.25) is 0 Å². The van der Waals surface area contributed by atoms with Gasteiger partial charge in [-0.15, -0.1) is 0 Å². The number of hydrogen-bond acceptors (Lipinski definition) is 1. The van der Waals surface area contributed by atoms with E-state index < -0.39 is 11.7 Å². The Balaban J connectivity index is 2.16. The first-order valence-electron chi connectivity index (χ1n) is 5.82. The van der Waals surface area contributed by atoms with Crippen molar-refractivity contribution in [3.63, 3.8) is 0 Å². The van der Waals surface area contributed by atoms with Gasteiger partial charge in [0, 0.05) is 0 Å². The van der Waals surface area contributed by atoms with Crippen molar-refractivity contribution < 1.29 is 13.2 Å². The first-order valence-corrected chi connectivity index (χ1v) is 5.82. The lowest BCUT2D eigenvalue weighted by Crippen LogP contribution is -2.29. The van der Waals surface area contributed by atoms with Crippen molar-refractivity contribution >= 4 is 0 Å². The summed E-state index contributed by atoms with van der Waals surface area (Å²) < 4.78 is 37.8. The van der Waals surface area contributed by atoms with E-state index in [-0.39, 0.29) is 5.92 Å². The fraction of sp³-hybridized carbons (Fsp3) is 0.538. The summed E-state index contributed by atoms with van der Waals surface area (Å²) in [6.07, 6.45) is -2.35. The normalized spacial score (nSPS) is 19.5. The van der Waals surface area contributed by atoms with E-state index in [0.717, 1.165) is 37.6 Å². The standard InChI is InChI=1S/C13H16F3N/c1-17-7-5-10(6-8-17)11-3-2-4-12(9-11)13(14,15)16/h2-4,9-10H,5-8H2,1H3. The molecule has 0 amide bonds. The van der Waals surface area contributed by atoms with Gasteiger partial charge in [-0.3, -0.25) is 0 Å². The molecule has 1 aromatic rings. The predicted octanol–water partition coefficient (Wildman–Crippen LogP) is 3.51. The van der Waals surface area contributed by atoms with Crippen molar-refractivity contribution in [2.24, 2.45) is 0 Å². The highest BCUT2D eigenvalue weighted by atomic mass is 19.4. The van der Waals surface area contributed by atoms with E-state index in [1.165, 1.54) is 12.1 Å². The van der Waals surface area contributed by atoms with E-state index in [9.17, 15) is 13.2 Å². The summed E-state index contributed by atoms with van der Waals surface area (Å²) in [5, 5.41) is 0. The fourth-order valence-electron chi connectivity index (χ4n) is 2.31. The van der Waals surface area contributed by atoms with Gasteiger partial charge in [-0.2, -0.15) is 13.2 Å². The van der Waals surface area contributed by atoms with Gasteiger partial charge in [0.15, 0.2) is 0 Å². The highest BCUT2D eigenvalue weighted by molar-refractivity contribution is 5.28. The van der Waals surface area contributed by atoms with E-state index in [2.05, 4.69) is 4.90 Å². The maximum Gasteiger partial charge on any atom is 0.416 e. The average molecular weight is 243 g/mol. The highest BCUT2D eigenvalue weighted by Crippen LogP contribution is 2.33. The lowest BCUT2D eigenvalue weighted by Gasteiger charge is -2.29. The van der Waals surface area contributed by atoms with Gasteiger partial charge in [-0.05, 0) is 50.5 Å². The maximum atomic E-state index is 12.6. The van der Waals surface area contributed by atoms with Gasteiger partial charge < -0.3 is 4.90 Å². The quantitative estimate of drug-likeness (QED) is 0.729. The van der Waals surface area contributed by atoms with Gasteiger partial charge >= 0.3 is 6.18 Å². The second kappa shape index (κ2) is 4.69. The Morgan fingerprint density at radius 1 is 1.18 bits per heavy atom. The van der Waals surface area contributed by atoms with E-state index in [0.29, 0.717) is 0 Å². The van der Waals surface area contributed by atoms with Crippen LogP contribution in [0, 0.1) is 0 Å². The van der Waals surface area contributed by atoms with Crippen LogP contribution in [0.3, 0.4) is 0 Å². The van der Waals surface area contributed by atoms with Gasteiger partial charge in [0.25, 0.3) is 0 Å². The van der Waals surface area contributed by atoms with Gasteiger partial charge in [0.2, 0.25) is 0 Å². The minimum atomic E-state index is -4.23. The van der Waals surface area contributed by atoms with Crippen molar-refractivity contribution in [2.75, 3.05) is 20.1 Å². The van der Waals surface area contributed by atoms with Crippen LogP contribution >= 0.6 is 0 Å². The first-order chi connectivity index (χ1) is 7.97. The Labute approximate surface area is 99.2 Å². The first kappa shape index (κ1) is 12.4. The highest BCUT2D eigenvalue weighted by Gasteiger charge is 2.31. The van der Waals surface area contributed by atoms with Crippen LogP contribution < -0.4 is 0 Å². The Kier molecular flexibility index (Phi) is 3.43. The monoisotopic (exact) mass is 243 g/mol. The topological polar surface area (TPSA) is 3.24 Å². The molecular formula is C13H16F3N. The van der Waals surface area contributed by atoms with Crippen LogP contribution in [-0.4, -0.2) is 25.0 Å². The molecule has 1 fully saturated rings. The zero-order valence-electron chi connectivity index (χ0n) is 9.80. The number of benzene rings is 1. The Morgan fingerprint density at radius 3 is 2.41 bits per heavy atom. The molecule has 0 atom stereocenters. The molecule has 0 aliphatic carbocycles. The van der Waals surface area contributed by atoms with Crippen LogP contribution in [0.5, 0.6) is 0 Å². The lowest BCUT2D eigenvalue weighted by molar-refractivity contribution is -0.137. The van der Waals surface area contributed by atoms with Crippen LogP contribution in [0.15, 0.2) is 24.3 Å². The van der Waals surface area contributed by atoms with E-state index >= 15 is 0 Å². The minimum absolute atomic E-state index is 0.272. The van der Waals surface area contributed by atoms with Crippen molar-refractivity contribution in [2.45, 2.75) is 24.9 Å². The van der Waals surface area contributed by atoms with Crippen LogP contribution in [0.1, 0.15) is 29.9 Å². The zero-order chi connectivity index (χ0) is 12.5. The van der Waals surface area contributed by atoms with E-state index in [1.54, 1.807) is 0 Å².